The minimum Gasteiger partial charge on any atom is -0.481 e. The van der Waals surface area contributed by atoms with Crippen molar-refractivity contribution in [2.24, 2.45) is 0 Å². The van der Waals surface area contributed by atoms with Crippen LogP contribution in [0.3, 0.4) is 0 Å². The van der Waals surface area contributed by atoms with E-state index in [4.69, 9.17) is 5.11 Å². The van der Waals surface area contributed by atoms with E-state index in [0.29, 0.717) is 6.54 Å². The van der Waals surface area contributed by atoms with Gasteiger partial charge in [0.2, 0.25) is 0 Å². The SMILES string of the molecule is O=C(O)CC[n+]1ccc(-c2cccc3cccnc23)cc1. The van der Waals surface area contributed by atoms with Gasteiger partial charge in [-0.15, -0.1) is 0 Å². The van der Waals surface area contributed by atoms with Gasteiger partial charge in [-0.25, -0.2) is 4.57 Å². The lowest BCUT2D eigenvalue weighted by atomic mass is 10.0. The number of para-hydroxylation sites is 1. The van der Waals surface area contributed by atoms with Gasteiger partial charge in [0.25, 0.3) is 0 Å². The number of fused-ring (bicyclic) bond motifs is 1. The highest BCUT2D eigenvalue weighted by Gasteiger charge is 2.08. The second kappa shape index (κ2) is 5.71. The number of hydrogen-bond donors (Lipinski definition) is 1. The molecule has 0 unspecified atom stereocenters. The molecule has 0 saturated heterocycles. The molecule has 1 N–H and O–H groups in total. The molecule has 3 aromatic rings. The molecule has 2 aromatic heterocycles. The van der Waals surface area contributed by atoms with Crippen molar-refractivity contribution in [1.82, 2.24) is 4.98 Å². The lowest BCUT2D eigenvalue weighted by molar-refractivity contribution is -0.695. The Bertz CT molecular complexity index is 777. The van der Waals surface area contributed by atoms with Gasteiger partial charge in [-0.3, -0.25) is 9.78 Å². The number of aliphatic carboxylic acids is 1. The number of carboxylic acid groups (broad SMARTS) is 1. The highest BCUT2D eigenvalue weighted by atomic mass is 16.4. The van der Waals surface area contributed by atoms with Gasteiger partial charge in [0.15, 0.2) is 18.9 Å². The Balaban J connectivity index is 1.94. The molecular weight excluding hydrogens is 264 g/mol. The zero-order valence-corrected chi connectivity index (χ0v) is 11.4. The molecular formula is C17H15N2O2+. The highest BCUT2D eigenvalue weighted by molar-refractivity contribution is 5.93. The predicted molar refractivity (Wildman–Crippen MR) is 79.6 cm³/mol. The number of benzene rings is 1. The molecule has 0 fully saturated rings. The van der Waals surface area contributed by atoms with Crippen LogP contribution in [0.25, 0.3) is 22.0 Å². The standard InChI is InChI=1S/C17H14N2O2/c20-16(21)8-12-19-10-6-13(7-11-19)15-5-1-3-14-4-2-9-18-17(14)15/h1-7,9-11H,8,12H2/p+1. The van der Waals surface area contributed by atoms with Crippen molar-refractivity contribution in [3.8, 4) is 11.1 Å². The number of carbonyl (C=O) groups is 1. The van der Waals surface area contributed by atoms with Gasteiger partial charge in [-0.05, 0) is 11.6 Å². The van der Waals surface area contributed by atoms with Gasteiger partial charge in [-0.1, -0.05) is 24.3 Å². The highest BCUT2D eigenvalue weighted by Crippen LogP contribution is 2.25. The number of carboxylic acids is 1. The summed E-state index contributed by atoms with van der Waals surface area (Å²) in [5.41, 5.74) is 3.13. The summed E-state index contributed by atoms with van der Waals surface area (Å²) in [4.78, 5) is 15.0. The largest absolute Gasteiger partial charge is 0.481 e. The van der Waals surface area contributed by atoms with Crippen LogP contribution in [0.4, 0.5) is 0 Å². The Morgan fingerprint density at radius 2 is 1.86 bits per heavy atom. The Morgan fingerprint density at radius 1 is 1.10 bits per heavy atom. The van der Waals surface area contributed by atoms with Crippen molar-refractivity contribution >= 4 is 16.9 Å². The number of aromatic nitrogens is 2. The number of aryl methyl sites for hydroxylation is 1. The van der Waals surface area contributed by atoms with E-state index in [1.807, 2.05) is 59.4 Å². The first kappa shape index (κ1) is 13.2. The van der Waals surface area contributed by atoms with Crippen molar-refractivity contribution in [1.29, 1.82) is 0 Å². The lowest BCUT2D eigenvalue weighted by Gasteiger charge is -2.05. The number of pyridine rings is 2. The van der Waals surface area contributed by atoms with E-state index in [1.165, 1.54) is 0 Å². The van der Waals surface area contributed by atoms with E-state index in [9.17, 15) is 4.79 Å². The summed E-state index contributed by atoms with van der Waals surface area (Å²) >= 11 is 0. The van der Waals surface area contributed by atoms with Crippen molar-refractivity contribution in [3.63, 3.8) is 0 Å². The van der Waals surface area contributed by atoms with Crippen LogP contribution in [0.1, 0.15) is 6.42 Å². The average Bonchev–Trinajstić information content (AvgIpc) is 2.53. The fourth-order valence-corrected chi connectivity index (χ4v) is 2.35. The molecule has 0 amide bonds. The fraction of sp³-hybridized carbons (Fsp3) is 0.118. The normalized spacial score (nSPS) is 10.7. The minimum absolute atomic E-state index is 0.125. The monoisotopic (exact) mass is 279 g/mol. The smallest absolute Gasteiger partial charge is 0.309 e. The molecule has 0 aliphatic carbocycles. The number of nitrogens with zero attached hydrogens (tertiary/aromatic N) is 2. The third-order valence-electron chi connectivity index (χ3n) is 3.42. The van der Waals surface area contributed by atoms with Crippen LogP contribution in [0, 0.1) is 0 Å². The maximum atomic E-state index is 10.6. The van der Waals surface area contributed by atoms with E-state index in [2.05, 4.69) is 4.98 Å². The predicted octanol–water partition coefficient (Wildman–Crippen LogP) is 2.66. The summed E-state index contributed by atoms with van der Waals surface area (Å²) in [7, 11) is 0. The molecule has 4 nitrogen and oxygen atoms in total. The van der Waals surface area contributed by atoms with Crippen LogP contribution in [0.2, 0.25) is 0 Å². The summed E-state index contributed by atoms with van der Waals surface area (Å²) in [6.07, 6.45) is 5.72. The second-order valence-electron chi connectivity index (χ2n) is 4.85. The second-order valence-corrected chi connectivity index (χ2v) is 4.85. The lowest BCUT2D eigenvalue weighted by Crippen LogP contribution is -2.33. The molecule has 0 aliphatic heterocycles. The zero-order valence-electron chi connectivity index (χ0n) is 11.4. The van der Waals surface area contributed by atoms with Crippen LogP contribution < -0.4 is 4.57 Å². The molecule has 104 valence electrons. The average molecular weight is 279 g/mol. The maximum Gasteiger partial charge on any atom is 0.309 e. The molecule has 4 heteroatoms. The van der Waals surface area contributed by atoms with E-state index < -0.39 is 5.97 Å². The first-order valence-corrected chi connectivity index (χ1v) is 6.79. The van der Waals surface area contributed by atoms with Crippen LogP contribution in [-0.2, 0) is 11.3 Å². The summed E-state index contributed by atoms with van der Waals surface area (Å²) in [5.74, 6) is -0.787. The van der Waals surface area contributed by atoms with E-state index in [1.54, 1.807) is 6.20 Å². The Morgan fingerprint density at radius 3 is 2.62 bits per heavy atom. The van der Waals surface area contributed by atoms with E-state index in [0.717, 1.165) is 22.0 Å². The van der Waals surface area contributed by atoms with Gasteiger partial charge in [0.1, 0.15) is 6.42 Å². The van der Waals surface area contributed by atoms with Crippen LogP contribution in [0.5, 0.6) is 0 Å². The van der Waals surface area contributed by atoms with E-state index in [-0.39, 0.29) is 6.42 Å². The molecule has 0 radical (unpaired) electrons. The molecule has 2 heterocycles. The molecule has 3 rings (SSSR count). The molecule has 1 aromatic carbocycles. The van der Waals surface area contributed by atoms with Crippen molar-refractivity contribution in [2.45, 2.75) is 13.0 Å². The zero-order chi connectivity index (χ0) is 14.7. The molecule has 0 aliphatic rings. The Hall–Kier alpha value is -2.75. The van der Waals surface area contributed by atoms with Gasteiger partial charge < -0.3 is 5.11 Å². The topological polar surface area (TPSA) is 54.1 Å². The Labute approximate surface area is 122 Å². The molecule has 0 saturated carbocycles. The summed E-state index contributed by atoms with van der Waals surface area (Å²) in [6.45, 7) is 0.476. The molecule has 0 atom stereocenters. The summed E-state index contributed by atoms with van der Waals surface area (Å²) in [5, 5.41) is 9.81. The van der Waals surface area contributed by atoms with Gasteiger partial charge in [0.05, 0.1) is 5.52 Å². The quantitative estimate of drug-likeness (QED) is 0.747. The van der Waals surface area contributed by atoms with Crippen molar-refractivity contribution in [2.75, 3.05) is 0 Å². The van der Waals surface area contributed by atoms with Crippen LogP contribution >= 0.6 is 0 Å². The molecule has 0 bridgehead atoms. The minimum atomic E-state index is -0.787. The van der Waals surface area contributed by atoms with Crippen molar-refractivity contribution < 1.29 is 14.5 Å². The number of hydrogen-bond acceptors (Lipinski definition) is 2. The van der Waals surface area contributed by atoms with E-state index >= 15 is 0 Å². The first-order chi connectivity index (χ1) is 10.2. The summed E-state index contributed by atoms with van der Waals surface area (Å²) < 4.78 is 1.87. The summed E-state index contributed by atoms with van der Waals surface area (Å²) in [6, 6.07) is 14.1. The van der Waals surface area contributed by atoms with Crippen molar-refractivity contribution in [3.05, 3.63) is 61.1 Å². The molecule has 21 heavy (non-hydrogen) atoms. The van der Waals surface area contributed by atoms with Gasteiger partial charge in [0, 0.05) is 29.3 Å². The fourth-order valence-electron chi connectivity index (χ4n) is 2.35. The third kappa shape index (κ3) is 2.89. The first-order valence-electron chi connectivity index (χ1n) is 6.79. The van der Waals surface area contributed by atoms with Crippen LogP contribution in [0.15, 0.2) is 61.1 Å². The van der Waals surface area contributed by atoms with Gasteiger partial charge >= 0.3 is 5.97 Å². The Kier molecular flexibility index (Phi) is 3.60. The maximum absolute atomic E-state index is 10.6. The number of rotatable bonds is 4. The van der Waals surface area contributed by atoms with Crippen LogP contribution in [-0.4, -0.2) is 16.1 Å². The third-order valence-corrected chi connectivity index (χ3v) is 3.42. The molecule has 0 spiro atoms. The van der Waals surface area contributed by atoms with Gasteiger partial charge in [-0.2, -0.15) is 0 Å².